The van der Waals surface area contributed by atoms with E-state index < -0.39 is 22.0 Å². The van der Waals surface area contributed by atoms with Gasteiger partial charge in [-0.1, -0.05) is 18.2 Å². The minimum absolute atomic E-state index is 0.0995. The minimum atomic E-state index is -3.73. The van der Waals surface area contributed by atoms with Gasteiger partial charge in [-0.3, -0.25) is 9.59 Å². The maximum Gasteiger partial charge on any atom is 0.252 e. The van der Waals surface area contributed by atoms with Crippen LogP contribution < -0.4 is 15.8 Å². The number of nitrogens with one attached hydrogen (secondary N) is 1. The minimum Gasteiger partial charge on any atom is -0.497 e. The Hall–Kier alpha value is -2.47. The largest absolute Gasteiger partial charge is 0.497 e. The molecule has 1 atom stereocenters. The first-order valence-electron chi connectivity index (χ1n) is 9.80. The number of nitrogens with two attached hydrogens (primary N) is 1. The summed E-state index contributed by atoms with van der Waals surface area (Å²) in [5.41, 5.74) is 6.26. The van der Waals surface area contributed by atoms with Gasteiger partial charge in [0.15, 0.2) is 0 Å². The van der Waals surface area contributed by atoms with Gasteiger partial charge < -0.3 is 20.7 Å². The molecule has 1 unspecified atom stereocenters. The van der Waals surface area contributed by atoms with Crippen LogP contribution in [0.1, 0.15) is 5.56 Å². The van der Waals surface area contributed by atoms with Crippen molar-refractivity contribution in [2.45, 2.75) is 16.7 Å². The highest BCUT2D eigenvalue weighted by Gasteiger charge is 2.39. The molecule has 9 nitrogen and oxygen atoms in total. The van der Waals surface area contributed by atoms with E-state index >= 15 is 0 Å². The summed E-state index contributed by atoms with van der Waals surface area (Å²) >= 11 is 1.12. The lowest BCUT2D eigenvalue weighted by Gasteiger charge is -2.39. The number of carbonyl (C=O) groups is 2. The van der Waals surface area contributed by atoms with E-state index in [-0.39, 0.29) is 49.3 Å². The highest BCUT2D eigenvalue weighted by molar-refractivity contribution is 7.91. The van der Waals surface area contributed by atoms with Gasteiger partial charge in [0, 0.05) is 32.7 Å². The lowest BCUT2D eigenvalue weighted by atomic mass is 10.1. The second-order valence-corrected chi connectivity index (χ2v) is 10.1. The molecule has 0 spiro atoms. The molecular weight excluding hydrogens is 440 g/mol. The van der Waals surface area contributed by atoms with Gasteiger partial charge >= 0.3 is 0 Å². The van der Waals surface area contributed by atoms with E-state index in [2.05, 4.69) is 5.32 Å². The van der Waals surface area contributed by atoms with Gasteiger partial charge in [0.25, 0.3) is 10.0 Å². The van der Waals surface area contributed by atoms with Crippen molar-refractivity contribution in [1.82, 2.24) is 14.5 Å². The maximum atomic E-state index is 13.0. The second kappa shape index (κ2) is 10.2. The van der Waals surface area contributed by atoms with Crippen molar-refractivity contribution in [2.24, 2.45) is 5.73 Å². The zero-order valence-electron chi connectivity index (χ0n) is 17.2. The van der Waals surface area contributed by atoms with Crippen molar-refractivity contribution in [3.63, 3.8) is 0 Å². The van der Waals surface area contributed by atoms with Crippen LogP contribution in [0.15, 0.2) is 46.0 Å². The SMILES string of the molecule is COc1ccc(CC(=O)N2CCN(S(=O)(=O)c3cccs3)CC2C(=O)NCCN)cc1. The van der Waals surface area contributed by atoms with E-state index in [4.69, 9.17) is 10.5 Å². The summed E-state index contributed by atoms with van der Waals surface area (Å²) in [6, 6.07) is 9.37. The Balaban J connectivity index is 1.78. The van der Waals surface area contributed by atoms with Crippen molar-refractivity contribution >= 4 is 33.2 Å². The molecule has 2 amide bonds. The number of sulfonamides is 1. The van der Waals surface area contributed by atoms with Gasteiger partial charge in [-0.15, -0.1) is 11.3 Å². The molecule has 1 aromatic carbocycles. The molecule has 1 saturated heterocycles. The van der Waals surface area contributed by atoms with Crippen LogP contribution in [0.4, 0.5) is 0 Å². The highest BCUT2D eigenvalue weighted by atomic mass is 32.2. The van der Waals surface area contributed by atoms with Crippen molar-refractivity contribution < 1.29 is 22.7 Å². The fraction of sp³-hybridized carbons (Fsp3) is 0.400. The van der Waals surface area contributed by atoms with Crippen LogP contribution in [-0.2, 0) is 26.0 Å². The number of ether oxygens (including phenoxy) is 1. The number of hydrogen-bond acceptors (Lipinski definition) is 7. The second-order valence-electron chi connectivity index (χ2n) is 7.00. The molecule has 0 saturated carbocycles. The molecule has 3 N–H and O–H groups in total. The van der Waals surface area contributed by atoms with E-state index in [1.165, 1.54) is 15.3 Å². The summed E-state index contributed by atoms with van der Waals surface area (Å²) in [6.45, 7) is 0.629. The Labute approximate surface area is 185 Å². The summed E-state index contributed by atoms with van der Waals surface area (Å²) < 4.78 is 32.5. The number of methoxy groups -OCH3 is 1. The molecule has 1 aromatic heterocycles. The first kappa shape index (κ1) is 23.2. The molecule has 1 aliphatic rings. The van der Waals surface area contributed by atoms with E-state index in [9.17, 15) is 18.0 Å². The third kappa shape index (κ3) is 5.42. The Morgan fingerprint density at radius 3 is 2.58 bits per heavy atom. The van der Waals surface area contributed by atoms with Crippen molar-refractivity contribution in [3.05, 3.63) is 47.3 Å². The van der Waals surface area contributed by atoms with Gasteiger partial charge in [-0.25, -0.2) is 8.42 Å². The van der Waals surface area contributed by atoms with Gasteiger partial charge in [0.05, 0.1) is 13.5 Å². The van der Waals surface area contributed by atoms with E-state index in [1.807, 2.05) is 0 Å². The average Bonchev–Trinajstić information content (AvgIpc) is 3.33. The molecule has 1 aliphatic heterocycles. The first-order valence-corrected chi connectivity index (χ1v) is 12.1. The lowest BCUT2D eigenvalue weighted by Crippen LogP contribution is -2.61. The molecule has 11 heteroatoms. The number of piperazine rings is 1. The Bertz CT molecular complexity index is 993. The number of thiophene rings is 1. The van der Waals surface area contributed by atoms with Crippen LogP contribution in [0.2, 0.25) is 0 Å². The predicted octanol–water partition coefficient (Wildman–Crippen LogP) is 0.276. The van der Waals surface area contributed by atoms with Crippen LogP contribution in [0.25, 0.3) is 0 Å². The smallest absolute Gasteiger partial charge is 0.252 e. The third-order valence-electron chi connectivity index (χ3n) is 5.01. The molecule has 31 heavy (non-hydrogen) atoms. The van der Waals surface area contributed by atoms with Crippen molar-refractivity contribution in [3.8, 4) is 5.75 Å². The topological polar surface area (TPSA) is 122 Å². The fourth-order valence-electron chi connectivity index (χ4n) is 3.37. The molecule has 168 valence electrons. The van der Waals surface area contributed by atoms with Crippen LogP contribution in [-0.4, -0.2) is 75.3 Å². The maximum absolute atomic E-state index is 13.0. The molecule has 1 fully saturated rings. The summed E-state index contributed by atoms with van der Waals surface area (Å²) in [4.78, 5) is 27.2. The number of amides is 2. The summed E-state index contributed by atoms with van der Waals surface area (Å²) in [5.74, 6) is 0.0217. The number of carbonyl (C=O) groups excluding carboxylic acids is 2. The molecule has 0 aliphatic carbocycles. The summed E-state index contributed by atoms with van der Waals surface area (Å²) in [6.07, 6.45) is 0.0995. The Morgan fingerprint density at radius 2 is 1.97 bits per heavy atom. The van der Waals surface area contributed by atoms with Crippen LogP contribution >= 0.6 is 11.3 Å². The van der Waals surface area contributed by atoms with E-state index in [0.717, 1.165) is 16.9 Å². The highest BCUT2D eigenvalue weighted by Crippen LogP contribution is 2.24. The number of nitrogens with zero attached hydrogens (tertiary/aromatic N) is 2. The fourth-order valence-corrected chi connectivity index (χ4v) is 5.95. The van der Waals surface area contributed by atoms with Crippen LogP contribution in [0.3, 0.4) is 0 Å². The molecule has 2 aromatic rings. The van der Waals surface area contributed by atoms with Crippen molar-refractivity contribution in [1.29, 1.82) is 0 Å². The molecule has 0 bridgehead atoms. The molecule has 0 radical (unpaired) electrons. The van der Waals surface area contributed by atoms with E-state index in [1.54, 1.807) is 42.8 Å². The van der Waals surface area contributed by atoms with Gasteiger partial charge in [0.2, 0.25) is 11.8 Å². The first-order chi connectivity index (χ1) is 14.9. The average molecular weight is 467 g/mol. The van der Waals surface area contributed by atoms with Crippen molar-refractivity contribution in [2.75, 3.05) is 39.8 Å². The van der Waals surface area contributed by atoms with Gasteiger partial charge in [0.1, 0.15) is 16.0 Å². The number of benzene rings is 1. The number of rotatable bonds is 8. The standard InChI is InChI=1S/C20H26N4O5S2/c1-29-16-6-4-15(5-7-16)13-18(25)24-11-10-23(14-17(24)20(26)22-9-8-21)31(27,28)19-3-2-12-30-19/h2-7,12,17H,8-11,13-14,21H2,1H3,(H,22,26). The van der Waals surface area contributed by atoms with Crippen LogP contribution in [0, 0.1) is 0 Å². The Kier molecular flexibility index (Phi) is 7.65. The summed E-state index contributed by atoms with van der Waals surface area (Å²) in [5, 5.41) is 4.37. The third-order valence-corrected chi connectivity index (χ3v) is 8.25. The monoisotopic (exact) mass is 466 g/mol. The number of hydrogen-bond donors (Lipinski definition) is 2. The Morgan fingerprint density at radius 1 is 1.23 bits per heavy atom. The van der Waals surface area contributed by atoms with Crippen LogP contribution in [0.5, 0.6) is 5.75 Å². The zero-order chi connectivity index (χ0) is 22.4. The molecule has 2 heterocycles. The van der Waals surface area contributed by atoms with Gasteiger partial charge in [-0.05, 0) is 29.1 Å². The quantitative estimate of drug-likeness (QED) is 0.576. The van der Waals surface area contributed by atoms with Gasteiger partial charge in [-0.2, -0.15) is 4.31 Å². The normalized spacial score (nSPS) is 17.4. The lowest BCUT2D eigenvalue weighted by molar-refractivity contribution is -0.142. The summed E-state index contributed by atoms with van der Waals surface area (Å²) in [7, 11) is -2.16. The zero-order valence-corrected chi connectivity index (χ0v) is 18.8. The predicted molar refractivity (Wildman–Crippen MR) is 117 cm³/mol. The van der Waals surface area contributed by atoms with E-state index in [0.29, 0.717) is 5.75 Å². The molecular formula is C20H26N4O5S2. The molecule has 3 rings (SSSR count).